The molecule has 4 heteroatoms. The first-order valence-electron chi connectivity index (χ1n) is 7.47. The second kappa shape index (κ2) is 7.10. The van der Waals surface area contributed by atoms with Crippen molar-refractivity contribution in [3.05, 3.63) is 0 Å². The first-order chi connectivity index (χ1) is 8.79. The Morgan fingerprint density at radius 2 is 1.78 bits per heavy atom. The summed E-state index contributed by atoms with van der Waals surface area (Å²) in [5.74, 6) is 0.357. The molecule has 2 fully saturated rings. The fraction of sp³-hybridized carbons (Fsp3) is 0.929. The molecule has 0 radical (unpaired) electrons. The summed E-state index contributed by atoms with van der Waals surface area (Å²) in [6, 6.07) is 0.608. The molecule has 18 heavy (non-hydrogen) atoms. The number of hydrogen-bond donors (Lipinski definition) is 1. The molecule has 1 amide bonds. The van der Waals surface area contributed by atoms with Crippen LogP contribution in [0.15, 0.2) is 0 Å². The Morgan fingerprint density at radius 1 is 1.11 bits per heavy atom. The molecule has 2 heterocycles. The number of carbonyl (C=O) groups excluding carboxylic acids is 1. The van der Waals surface area contributed by atoms with Crippen molar-refractivity contribution in [1.82, 2.24) is 15.1 Å². The van der Waals surface area contributed by atoms with E-state index in [4.69, 9.17) is 0 Å². The second-order valence-electron chi connectivity index (χ2n) is 5.60. The zero-order valence-electron chi connectivity index (χ0n) is 11.7. The van der Waals surface area contributed by atoms with Crippen LogP contribution >= 0.6 is 0 Å². The first kappa shape index (κ1) is 13.8. The van der Waals surface area contributed by atoms with Crippen LogP contribution in [-0.4, -0.2) is 61.5 Å². The molecule has 2 saturated heterocycles. The zero-order chi connectivity index (χ0) is 12.8. The predicted octanol–water partition coefficient (Wildman–Crippen LogP) is 1.07. The van der Waals surface area contributed by atoms with Gasteiger partial charge in [0.15, 0.2) is 0 Å². The van der Waals surface area contributed by atoms with Crippen LogP contribution in [-0.2, 0) is 4.79 Å². The number of nitrogens with one attached hydrogen (secondary N) is 1. The minimum Gasteiger partial charge on any atom is -0.343 e. The van der Waals surface area contributed by atoms with E-state index in [0.717, 1.165) is 32.5 Å². The Morgan fingerprint density at radius 3 is 2.39 bits per heavy atom. The van der Waals surface area contributed by atoms with Crippen LogP contribution in [0, 0.1) is 0 Å². The third-order valence-electron chi connectivity index (χ3n) is 4.35. The molecule has 0 unspecified atom stereocenters. The van der Waals surface area contributed by atoms with E-state index in [1.165, 1.54) is 32.4 Å². The van der Waals surface area contributed by atoms with Crippen LogP contribution in [0.1, 0.15) is 38.5 Å². The fourth-order valence-corrected chi connectivity index (χ4v) is 3.01. The smallest absolute Gasteiger partial charge is 0.223 e. The molecule has 0 aromatic carbocycles. The summed E-state index contributed by atoms with van der Waals surface area (Å²) in [7, 11) is 2.01. The van der Waals surface area contributed by atoms with Crippen molar-refractivity contribution in [3.63, 3.8) is 0 Å². The topological polar surface area (TPSA) is 35.6 Å². The Kier molecular flexibility index (Phi) is 5.45. The minimum atomic E-state index is 0.357. The lowest BCUT2D eigenvalue weighted by Crippen LogP contribution is -2.44. The van der Waals surface area contributed by atoms with E-state index < -0.39 is 0 Å². The molecule has 0 spiro atoms. The number of likely N-dealkylation sites (tertiary alicyclic amines) is 2. The number of hydrogen-bond acceptors (Lipinski definition) is 3. The van der Waals surface area contributed by atoms with Crippen LogP contribution < -0.4 is 5.32 Å². The quantitative estimate of drug-likeness (QED) is 0.814. The van der Waals surface area contributed by atoms with Crippen LogP contribution in [0.3, 0.4) is 0 Å². The van der Waals surface area contributed by atoms with Crippen molar-refractivity contribution in [2.75, 3.05) is 39.8 Å². The van der Waals surface area contributed by atoms with Crippen molar-refractivity contribution < 1.29 is 4.79 Å². The normalized spacial score (nSPS) is 23.3. The third-order valence-corrected chi connectivity index (χ3v) is 4.35. The lowest BCUT2D eigenvalue weighted by Gasteiger charge is -2.33. The van der Waals surface area contributed by atoms with Gasteiger partial charge in [-0.25, -0.2) is 0 Å². The van der Waals surface area contributed by atoms with E-state index >= 15 is 0 Å². The standard InChI is InChI=1S/C14H27N3O/c1-15-13-5-11-17(12-6-13)14(18)7-10-16-8-3-2-4-9-16/h13,15H,2-12H2,1H3. The van der Waals surface area contributed by atoms with E-state index in [1.807, 2.05) is 7.05 Å². The summed E-state index contributed by atoms with van der Waals surface area (Å²) in [6.07, 6.45) is 6.90. The summed E-state index contributed by atoms with van der Waals surface area (Å²) in [5, 5.41) is 3.30. The van der Waals surface area contributed by atoms with Gasteiger partial charge in [-0.3, -0.25) is 4.79 Å². The Balaban J connectivity index is 1.65. The van der Waals surface area contributed by atoms with Crippen LogP contribution in [0.4, 0.5) is 0 Å². The molecule has 0 bridgehead atoms. The highest BCUT2D eigenvalue weighted by Gasteiger charge is 2.22. The van der Waals surface area contributed by atoms with Gasteiger partial charge in [0.2, 0.25) is 5.91 Å². The van der Waals surface area contributed by atoms with E-state index in [0.29, 0.717) is 18.4 Å². The summed E-state index contributed by atoms with van der Waals surface area (Å²) in [4.78, 5) is 16.6. The second-order valence-corrected chi connectivity index (χ2v) is 5.60. The number of amides is 1. The molecule has 4 nitrogen and oxygen atoms in total. The van der Waals surface area contributed by atoms with E-state index in [9.17, 15) is 4.79 Å². The average molecular weight is 253 g/mol. The van der Waals surface area contributed by atoms with Crippen molar-refractivity contribution in [1.29, 1.82) is 0 Å². The summed E-state index contributed by atoms with van der Waals surface area (Å²) in [5.41, 5.74) is 0. The van der Waals surface area contributed by atoms with Crippen LogP contribution in [0.2, 0.25) is 0 Å². The van der Waals surface area contributed by atoms with Gasteiger partial charge >= 0.3 is 0 Å². The molecule has 0 saturated carbocycles. The predicted molar refractivity (Wildman–Crippen MR) is 73.6 cm³/mol. The highest BCUT2D eigenvalue weighted by atomic mass is 16.2. The van der Waals surface area contributed by atoms with E-state index in [1.54, 1.807) is 0 Å². The van der Waals surface area contributed by atoms with Crippen molar-refractivity contribution in [2.45, 2.75) is 44.6 Å². The zero-order valence-corrected chi connectivity index (χ0v) is 11.7. The molecule has 2 aliphatic rings. The van der Waals surface area contributed by atoms with Crippen LogP contribution in [0.25, 0.3) is 0 Å². The lowest BCUT2D eigenvalue weighted by atomic mass is 10.0. The third kappa shape index (κ3) is 3.95. The Labute approximate surface area is 111 Å². The molecule has 2 aliphatic heterocycles. The number of carbonyl (C=O) groups is 1. The van der Waals surface area contributed by atoms with Gasteiger partial charge in [-0.2, -0.15) is 0 Å². The van der Waals surface area contributed by atoms with Crippen molar-refractivity contribution in [3.8, 4) is 0 Å². The maximum atomic E-state index is 12.1. The summed E-state index contributed by atoms with van der Waals surface area (Å²) >= 11 is 0. The van der Waals surface area contributed by atoms with Crippen molar-refractivity contribution >= 4 is 5.91 Å². The van der Waals surface area contributed by atoms with E-state index in [-0.39, 0.29) is 0 Å². The molecule has 0 aromatic rings. The SMILES string of the molecule is CNC1CCN(C(=O)CCN2CCCCC2)CC1. The maximum absolute atomic E-state index is 12.1. The first-order valence-corrected chi connectivity index (χ1v) is 7.47. The monoisotopic (exact) mass is 253 g/mol. The van der Waals surface area contributed by atoms with Gasteiger partial charge in [0.1, 0.15) is 0 Å². The van der Waals surface area contributed by atoms with Gasteiger partial charge < -0.3 is 15.1 Å². The van der Waals surface area contributed by atoms with E-state index in [2.05, 4.69) is 15.1 Å². The van der Waals surface area contributed by atoms with Gasteiger partial charge in [0, 0.05) is 32.1 Å². The van der Waals surface area contributed by atoms with Gasteiger partial charge in [0.25, 0.3) is 0 Å². The van der Waals surface area contributed by atoms with Gasteiger partial charge in [-0.05, 0) is 45.8 Å². The number of nitrogens with zero attached hydrogens (tertiary/aromatic N) is 2. The highest BCUT2D eigenvalue weighted by molar-refractivity contribution is 5.76. The molecule has 0 aromatic heterocycles. The lowest BCUT2D eigenvalue weighted by molar-refractivity contribution is -0.132. The number of rotatable bonds is 4. The molecular formula is C14H27N3O. The Bertz CT molecular complexity index is 256. The molecular weight excluding hydrogens is 226 g/mol. The van der Waals surface area contributed by atoms with Gasteiger partial charge in [-0.1, -0.05) is 6.42 Å². The van der Waals surface area contributed by atoms with Gasteiger partial charge in [-0.15, -0.1) is 0 Å². The average Bonchev–Trinajstić information content (AvgIpc) is 2.46. The number of piperidine rings is 2. The summed E-state index contributed by atoms with van der Waals surface area (Å²) in [6.45, 7) is 5.21. The van der Waals surface area contributed by atoms with Crippen molar-refractivity contribution in [2.24, 2.45) is 0 Å². The molecule has 0 aliphatic carbocycles. The largest absolute Gasteiger partial charge is 0.343 e. The minimum absolute atomic E-state index is 0.357. The summed E-state index contributed by atoms with van der Waals surface area (Å²) < 4.78 is 0. The molecule has 0 atom stereocenters. The van der Waals surface area contributed by atoms with Gasteiger partial charge in [0.05, 0.1) is 0 Å². The molecule has 104 valence electrons. The molecule has 2 rings (SSSR count). The highest BCUT2D eigenvalue weighted by Crippen LogP contribution is 2.13. The fourth-order valence-electron chi connectivity index (χ4n) is 3.01. The van der Waals surface area contributed by atoms with Crippen LogP contribution in [0.5, 0.6) is 0 Å². The Hall–Kier alpha value is -0.610. The molecule has 1 N–H and O–H groups in total. The maximum Gasteiger partial charge on any atom is 0.223 e.